The molecule has 54 valence electrons. The summed E-state index contributed by atoms with van der Waals surface area (Å²) in [5.74, 6) is 0. The van der Waals surface area contributed by atoms with Crippen LogP contribution in [0.1, 0.15) is 13.8 Å². The third-order valence-corrected chi connectivity index (χ3v) is 7.16. The van der Waals surface area contributed by atoms with Crippen molar-refractivity contribution in [3.63, 3.8) is 0 Å². The van der Waals surface area contributed by atoms with Crippen molar-refractivity contribution in [1.29, 1.82) is 0 Å². The predicted octanol–water partition coefficient (Wildman–Crippen LogP) is 4.24. The molecule has 0 spiro atoms. The highest BCUT2D eigenvalue weighted by atomic mass is 33.1. The Kier molecular flexibility index (Phi) is 2.06. The molecule has 0 N–H and O–H groups in total. The van der Waals surface area contributed by atoms with Crippen LogP contribution in [-0.4, -0.2) is 0 Å². The molecule has 0 aromatic rings. The predicted molar refractivity (Wildman–Crippen MR) is 55.8 cm³/mol. The molecule has 0 fully saturated rings. The first-order chi connectivity index (χ1) is 4.79. The summed E-state index contributed by atoms with van der Waals surface area (Å²) in [6.07, 6.45) is 0. The normalized spacial score (nSPS) is 24.6. The van der Waals surface area contributed by atoms with Crippen LogP contribution in [0.2, 0.25) is 0 Å². The Balaban J connectivity index is 2.46. The Hall–Kier alpha value is 0.880. The fourth-order valence-corrected chi connectivity index (χ4v) is 7.09. The number of fused-ring (bicyclic) bond motifs is 1. The van der Waals surface area contributed by atoms with Crippen molar-refractivity contribution in [1.82, 2.24) is 0 Å². The fourth-order valence-electron chi connectivity index (χ4n) is 0.797. The van der Waals surface area contributed by atoms with Crippen LogP contribution < -0.4 is 0 Å². The van der Waals surface area contributed by atoms with Crippen molar-refractivity contribution in [2.45, 2.75) is 13.8 Å². The molecule has 0 bridgehead atoms. The minimum atomic E-state index is 1.48. The van der Waals surface area contributed by atoms with E-state index in [0.29, 0.717) is 0 Å². The molecule has 0 saturated carbocycles. The summed E-state index contributed by atoms with van der Waals surface area (Å²) in [5.41, 5.74) is 0. The molecule has 2 aliphatic heterocycles. The second kappa shape index (κ2) is 2.73. The SMILES string of the molecule is CC1=C2SSC(C)=C2SS1. The van der Waals surface area contributed by atoms with Gasteiger partial charge in [0, 0.05) is 19.6 Å². The van der Waals surface area contributed by atoms with Crippen LogP contribution >= 0.6 is 43.2 Å². The van der Waals surface area contributed by atoms with Gasteiger partial charge in [0.2, 0.25) is 0 Å². The molecule has 2 aliphatic rings. The van der Waals surface area contributed by atoms with E-state index in [1.807, 2.05) is 43.2 Å². The van der Waals surface area contributed by atoms with Crippen molar-refractivity contribution < 1.29 is 0 Å². The van der Waals surface area contributed by atoms with E-state index in [-0.39, 0.29) is 0 Å². The zero-order valence-electron chi connectivity index (χ0n) is 5.63. The molecule has 0 nitrogen and oxygen atoms in total. The quantitative estimate of drug-likeness (QED) is 0.543. The van der Waals surface area contributed by atoms with Gasteiger partial charge in [0.15, 0.2) is 0 Å². The second-order valence-electron chi connectivity index (χ2n) is 2.10. The Bertz CT molecular complexity index is 212. The van der Waals surface area contributed by atoms with E-state index in [1.54, 1.807) is 0 Å². The highest BCUT2D eigenvalue weighted by molar-refractivity contribution is 8.84. The fraction of sp³-hybridized carbons (Fsp3) is 0.333. The standard InChI is InChI=1S/C6H6S4/c1-3-5-6(10-7-3)4(2)8-9-5/h1-2H3. The van der Waals surface area contributed by atoms with Gasteiger partial charge in [-0.2, -0.15) is 0 Å². The first-order valence-corrected chi connectivity index (χ1v) is 7.20. The van der Waals surface area contributed by atoms with Gasteiger partial charge >= 0.3 is 0 Å². The van der Waals surface area contributed by atoms with Gasteiger partial charge in [0.25, 0.3) is 0 Å². The Morgan fingerprint density at radius 3 is 1.50 bits per heavy atom. The van der Waals surface area contributed by atoms with Crippen molar-refractivity contribution in [3.8, 4) is 0 Å². The van der Waals surface area contributed by atoms with E-state index in [2.05, 4.69) is 13.8 Å². The molecule has 4 heteroatoms. The first kappa shape index (κ1) is 7.53. The van der Waals surface area contributed by atoms with E-state index in [9.17, 15) is 0 Å². The van der Waals surface area contributed by atoms with Gasteiger partial charge in [-0.25, -0.2) is 0 Å². The molecule has 2 rings (SSSR count). The molecule has 0 atom stereocenters. The van der Waals surface area contributed by atoms with Gasteiger partial charge in [-0.1, -0.05) is 43.2 Å². The van der Waals surface area contributed by atoms with Crippen molar-refractivity contribution >= 4 is 43.2 Å². The molecule has 0 aromatic carbocycles. The van der Waals surface area contributed by atoms with Crippen molar-refractivity contribution in [2.75, 3.05) is 0 Å². The molecule has 2 heterocycles. The summed E-state index contributed by atoms with van der Waals surface area (Å²) in [6.45, 7) is 4.40. The smallest absolute Gasteiger partial charge is 0.0440 e. The number of rotatable bonds is 0. The molecular formula is C6H6S4. The molecule has 10 heavy (non-hydrogen) atoms. The molecule has 0 unspecified atom stereocenters. The summed E-state index contributed by atoms with van der Waals surface area (Å²) < 4.78 is 0. The lowest BCUT2D eigenvalue weighted by atomic mass is 10.4. The largest absolute Gasteiger partial charge is 0.0560 e. The maximum absolute atomic E-state index is 2.20. The lowest BCUT2D eigenvalue weighted by molar-refractivity contribution is 1.60. The summed E-state index contributed by atoms with van der Waals surface area (Å²) >= 11 is 0. The Morgan fingerprint density at radius 1 is 0.700 bits per heavy atom. The lowest BCUT2D eigenvalue weighted by Crippen LogP contribution is -1.68. The van der Waals surface area contributed by atoms with E-state index >= 15 is 0 Å². The molecule has 0 radical (unpaired) electrons. The molecular weight excluding hydrogens is 200 g/mol. The zero-order chi connectivity index (χ0) is 7.14. The topological polar surface area (TPSA) is 0 Å². The lowest BCUT2D eigenvalue weighted by Gasteiger charge is -1.89. The average molecular weight is 206 g/mol. The average Bonchev–Trinajstić information content (AvgIpc) is 2.41. The van der Waals surface area contributed by atoms with Gasteiger partial charge < -0.3 is 0 Å². The van der Waals surface area contributed by atoms with Gasteiger partial charge in [0.1, 0.15) is 0 Å². The van der Waals surface area contributed by atoms with Crippen LogP contribution in [0.5, 0.6) is 0 Å². The second-order valence-corrected chi connectivity index (χ2v) is 6.81. The third-order valence-electron chi connectivity index (χ3n) is 1.35. The maximum atomic E-state index is 2.20. The van der Waals surface area contributed by atoms with Crippen LogP contribution in [0.25, 0.3) is 0 Å². The minimum absolute atomic E-state index is 1.48. The first-order valence-electron chi connectivity index (χ1n) is 2.90. The van der Waals surface area contributed by atoms with Gasteiger partial charge in [0.05, 0.1) is 0 Å². The van der Waals surface area contributed by atoms with E-state index in [0.717, 1.165) is 0 Å². The highest BCUT2D eigenvalue weighted by Gasteiger charge is 2.27. The van der Waals surface area contributed by atoms with Crippen LogP contribution in [0, 0.1) is 0 Å². The van der Waals surface area contributed by atoms with Crippen molar-refractivity contribution in [3.05, 3.63) is 19.6 Å². The van der Waals surface area contributed by atoms with Gasteiger partial charge in [-0.15, -0.1) is 0 Å². The maximum Gasteiger partial charge on any atom is 0.0440 e. The third kappa shape index (κ3) is 1.05. The summed E-state index contributed by atoms with van der Waals surface area (Å²) in [5, 5.41) is 0. The number of hydrogen-bond acceptors (Lipinski definition) is 4. The number of hydrogen-bond donors (Lipinski definition) is 0. The zero-order valence-corrected chi connectivity index (χ0v) is 8.90. The van der Waals surface area contributed by atoms with Crippen LogP contribution in [0.3, 0.4) is 0 Å². The molecule has 0 amide bonds. The Morgan fingerprint density at radius 2 is 1.10 bits per heavy atom. The van der Waals surface area contributed by atoms with Crippen molar-refractivity contribution in [2.24, 2.45) is 0 Å². The van der Waals surface area contributed by atoms with E-state index < -0.39 is 0 Å². The van der Waals surface area contributed by atoms with Crippen LogP contribution in [-0.2, 0) is 0 Å². The molecule has 0 saturated heterocycles. The monoisotopic (exact) mass is 206 g/mol. The summed E-state index contributed by atoms with van der Waals surface area (Å²) in [4.78, 5) is 5.98. The molecule has 0 aromatic heterocycles. The minimum Gasteiger partial charge on any atom is -0.0560 e. The molecule has 0 aliphatic carbocycles. The summed E-state index contributed by atoms with van der Waals surface area (Å²) in [7, 11) is 7.61. The summed E-state index contributed by atoms with van der Waals surface area (Å²) in [6, 6.07) is 0. The van der Waals surface area contributed by atoms with Crippen LogP contribution in [0.15, 0.2) is 19.6 Å². The van der Waals surface area contributed by atoms with E-state index in [4.69, 9.17) is 0 Å². The Labute approximate surface area is 76.5 Å². The van der Waals surface area contributed by atoms with Gasteiger partial charge in [-0.3, -0.25) is 0 Å². The number of allylic oxidation sites excluding steroid dienone is 2. The van der Waals surface area contributed by atoms with E-state index in [1.165, 1.54) is 19.6 Å². The highest BCUT2D eigenvalue weighted by Crippen LogP contribution is 2.63. The van der Waals surface area contributed by atoms with Crippen LogP contribution in [0.4, 0.5) is 0 Å². The van der Waals surface area contributed by atoms with Gasteiger partial charge in [-0.05, 0) is 13.8 Å².